The molecule has 2 aromatic rings. The van der Waals surface area contributed by atoms with Crippen molar-refractivity contribution in [3.8, 4) is 0 Å². The third-order valence-corrected chi connectivity index (χ3v) is 3.15. The summed E-state index contributed by atoms with van der Waals surface area (Å²) < 4.78 is 3.78. The molecule has 1 atom stereocenters. The molecule has 1 unspecified atom stereocenters. The first-order valence-electron chi connectivity index (χ1n) is 6.40. The fourth-order valence-corrected chi connectivity index (χ4v) is 2.16. The van der Waals surface area contributed by atoms with Gasteiger partial charge in [0.25, 0.3) is 0 Å². The van der Waals surface area contributed by atoms with Crippen LogP contribution in [-0.4, -0.2) is 26.1 Å². The van der Waals surface area contributed by atoms with E-state index in [-0.39, 0.29) is 0 Å². The Kier molecular flexibility index (Phi) is 4.15. The lowest BCUT2D eigenvalue weighted by Crippen LogP contribution is -2.22. The van der Waals surface area contributed by atoms with Crippen LogP contribution in [0.25, 0.3) is 0 Å². The van der Waals surface area contributed by atoms with E-state index in [2.05, 4.69) is 34.6 Å². The molecule has 0 amide bonds. The molecular weight excluding hydrogens is 226 g/mol. The minimum atomic E-state index is 0.311. The first-order valence-corrected chi connectivity index (χ1v) is 6.40. The summed E-state index contributed by atoms with van der Waals surface area (Å²) in [4.78, 5) is 0. The Balaban J connectivity index is 2.01. The van der Waals surface area contributed by atoms with Crippen molar-refractivity contribution in [2.75, 3.05) is 6.54 Å². The number of nitrogens with zero attached hydrogens (tertiary/aromatic N) is 4. The van der Waals surface area contributed by atoms with Gasteiger partial charge in [-0.1, -0.05) is 6.92 Å². The molecule has 0 radical (unpaired) electrons. The molecule has 0 saturated carbocycles. The van der Waals surface area contributed by atoms with Crippen molar-refractivity contribution in [1.29, 1.82) is 0 Å². The second-order valence-electron chi connectivity index (χ2n) is 4.51. The average Bonchev–Trinajstić information content (AvgIpc) is 2.94. The highest BCUT2D eigenvalue weighted by Gasteiger charge is 2.13. The molecule has 18 heavy (non-hydrogen) atoms. The maximum atomic E-state index is 4.48. The minimum Gasteiger partial charge on any atom is -0.309 e. The van der Waals surface area contributed by atoms with Crippen molar-refractivity contribution in [2.24, 2.45) is 14.1 Å². The average molecular weight is 247 g/mol. The normalized spacial score (nSPS) is 12.8. The lowest BCUT2D eigenvalue weighted by atomic mass is 10.1. The molecule has 0 fully saturated rings. The minimum absolute atomic E-state index is 0.311. The van der Waals surface area contributed by atoms with E-state index in [1.165, 1.54) is 5.69 Å². The molecule has 5 nitrogen and oxygen atoms in total. The number of hydrogen-bond donors (Lipinski definition) is 1. The van der Waals surface area contributed by atoms with E-state index in [1.54, 1.807) is 0 Å². The fraction of sp³-hybridized carbons (Fsp3) is 0.538. The van der Waals surface area contributed by atoms with Crippen LogP contribution >= 0.6 is 0 Å². The van der Waals surface area contributed by atoms with Crippen molar-refractivity contribution < 1.29 is 0 Å². The number of nitrogens with one attached hydrogen (secondary N) is 1. The highest BCUT2D eigenvalue weighted by molar-refractivity contribution is 5.07. The summed E-state index contributed by atoms with van der Waals surface area (Å²) in [6, 6.07) is 4.46. The summed E-state index contributed by atoms with van der Waals surface area (Å²) >= 11 is 0. The summed E-state index contributed by atoms with van der Waals surface area (Å²) in [6.07, 6.45) is 5.87. The van der Waals surface area contributed by atoms with Crippen LogP contribution in [0.1, 0.15) is 30.8 Å². The standard InChI is InChI=1S/C13H21N5/c1-4-14-12(13-8-10-17(2)16-13)6-5-11-7-9-15-18(11)3/h7-10,12,14H,4-6H2,1-3H3. The highest BCUT2D eigenvalue weighted by atomic mass is 15.3. The molecular formula is C13H21N5. The monoisotopic (exact) mass is 247 g/mol. The Labute approximate surface area is 108 Å². The van der Waals surface area contributed by atoms with Crippen LogP contribution in [0.5, 0.6) is 0 Å². The fourth-order valence-electron chi connectivity index (χ4n) is 2.16. The lowest BCUT2D eigenvalue weighted by molar-refractivity contribution is 0.489. The Bertz CT molecular complexity index is 485. The van der Waals surface area contributed by atoms with Crippen molar-refractivity contribution >= 4 is 0 Å². The zero-order valence-corrected chi connectivity index (χ0v) is 11.3. The van der Waals surface area contributed by atoms with Gasteiger partial charge < -0.3 is 5.32 Å². The lowest BCUT2D eigenvalue weighted by Gasteiger charge is -2.15. The van der Waals surface area contributed by atoms with Crippen molar-refractivity contribution in [3.05, 3.63) is 35.9 Å². The maximum absolute atomic E-state index is 4.48. The van der Waals surface area contributed by atoms with E-state index in [0.29, 0.717) is 6.04 Å². The van der Waals surface area contributed by atoms with Crippen LogP contribution in [0.2, 0.25) is 0 Å². The Morgan fingerprint density at radius 2 is 2.17 bits per heavy atom. The SMILES string of the molecule is CCNC(CCc1ccnn1C)c1ccn(C)n1. The number of hydrogen-bond acceptors (Lipinski definition) is 3. The van der Waals surface area contributed by atoms with Gasteiger partial charge in [0.2, 0.25) is 0 Å². The molecule has 0 saturated heterocycles. The van der Waals surface area contributed by atoms with Gasteiger partial charge in [-0.25, -0.2) is 0 Å². The molecule has 0 bridgehead atoms. The van der Waals surface area contributed by atoms with Crippen LogP contribution in [0, 0.1) is 0 Å². The molecule has 0 aliphatic heterocycles. The van der Waals surface area contributed by atoms with Crippen LogP contribution < -0.4 is 5.32 Å². The largest absolute Gasteiger partial charge is 0.309 e. The molecule has 0 aromatic carbocycles. The quantitative estimate of drug-likeness (QED) is 0.840. The van der Waals surface area contributed by atoms with Gasteiger partial charge in [-0.3, -0.25) is 9.36 Å². The molecule has 0 aliphatic carbocycles. The van der Waals surface area contributed by atoms with Gasteiger partial charge in [-0.05, 0) is 31.5 Å². The number of aryl methyl sites for hydroxylation is 3. The van der Waals surface area contributed by atoms with E-state index in [4.69, 9.17) is 0 Å². The second-order valence-corrected chi connectivity index (χ2v) is 4.51. The van der Waals surface area contributed by atoms with Gasteiger partial charge in [0.15, 0.2) is 0 Å². The smallest absolute Gasteiger partial charge is 0.0793 e. The topological polar surface area (TPSA) is 47.7 Å². The molecule has 1 N–H and O–H groups in total. The van der Waals surface area contributed by atoms with Gasteiger partial charge in [-0.15, -0.1) is 0 Å². The molecule has 2 heterocycles. The van der Waals surface area contributed by atoms with Crippen LogP contribution in [0.3, 0.4) is 0 Å². The van der Waals surface area contributed by atoms with Gasteiger partial charge in [0.1, 0.15) is 0 Å². The molecule has 0 aliphatic rings. The number of rotatable bonds is 6. The van der Waals surface area contributed by atoms with Gasteiger partial charge in [0, 0.05) is 32.2 Å². The van der Waals surface area contributed by atoms with E-state index in [9.17, 15) is 0 Å². The first kappa shape index (κ1) is 12.8. The van der Waals surface area contributed by atoms with E-state index >= 15 is 0 Å². The van der Waals surface area contributed by atoms with Crippen LogP contribution in [0.4, 0.5) is 0 Å². The summed E-state index contributed by atoms with van der Waals surface area (Å²) in [5.41, 5.74) is 2.37. The molecule has 0 spiro atoms. The van der Waals surface area contributed by atoms with Gasteiger partial charge >= 0.3 is 0 Å². The second kappa shape index (κ2) is 5.82. The van der Waals surface area contributed by atoms with Crippen molar-refractivity contribution in [2.45, 2.75) is 25.8 Å². The summed E-state index contributed by atoms with van der Waals surface area (Å²) in [6.45, 7) is 3.08. The molecule has 98 valence electrons. The van der Waals surface area contributed by atoms with Gasteiger partial charge in [0.05, 0.1) is 11.7 Å². The zero-order chi connectivity index (χ0) is 13.0. The Morgan fingerprint density at radius 1 is 1.33 bits per heavy atom. The summed E-state index contributed by atoms with van der Waals surface area (Å²) in [5, 5.41) is 12.2. The molecule has 5 heteroatoms. The maximum Gasteiger partial charge on any atom is 0.0793 e. The number of aromatic nitrogens is 4. The predicted molar refractivity (Wildman–Crippen MR) is 71.2 cm³/mol. The summed E-state index contributed by atoms with van der Waals surface area (Å²) in [5.74, 6) is 0. The predicted octanol–water partition coefficient (Wildman–Crippen LogP) is 1.44. The molecule has 2 rings (SSSR count). The van der Waals surface area contributed by atoms with E-state index in [0.717, 1.165) is 25.1 Å². The Hall–Kier alpha value is -1.62. The van der Waals surface area contributed by atoms with Crippen LogP contribution in [0.15, 0.2) is 24.5 Å². The first-order chi connectivity index (χ1) is 8.70. The molecule has 2 aromatic heterocycles. The third-order valence-electron chi connectivity index (χ3n) is 3.15. The Morgan fingerprint density at radius 3 is 2.72 bits per heavy atom. The van der Waals surface area contributed by atoms with Crippen molar-refractivity contribution in [1.82, 2.24) is 24.9 Å². The van der Waals surface area contributed by atoms with Crippen LogP contribution in [-0.2, 0) is 20.5 Å². The third kappa shape index (κ3) is 2.98. The zero-order valence-electron chi connectivity index (χ0n) is 11.3. The van der Waals surface area contributed by atoms with E-state index < -0.39 is 0 Å². The highest BCUT2D eigenvalue weighted by Crippen LogP contribution is 2.17. The van der Waals surface area contributed by atoms with E-state index in [1.807, 2.05) is 35.9 Å². The van der Waals surface area contributed by atoms with Gasteiger partial charge in [-0.2, -0.15) is 10.2 Å². The summed E-state index contributed by atoms with van der Waals surface area (Å²) in [7, 11) is 3.94. The van der Waals surface area contributed by atoms with Crippen molar-refractivity contribution in [3.63, 3.8) is 0 Å².